The third-order valence-electron chi connectivity index (χ3n) is 3.75. The number of carboxylic acid groups (broad SMARTS) is 1. The molecule has 0 aromatic carbocycles. The van der Waals surface area contributed by atoms with Gasteiger partial charge in [0.25, 0.3) is 0 Å². The largest absolute Gasteiger partial charge is 0.481 e. The summed E-state index contributed by atoms with van der Waals surface area (Å²) in [5.74, 6) is -1.18. The Bertz CT molecular complexity index is 306. The smallest absolute Gasteiger partial charge is 0.317 e. The Hall–Kier alpha value is -1.26. The normalized spacial score (nSPS) is 23.2. The second-order valence-electron chi connectivity index (χ2n) is 5.26. The van der Waals surface area contributed by atoms with Crippen LogP contribution in [-0.4, -0.2) is 41.6 Å². The summed E-state index contributed by atoms with van der Waals surface area (Å²) < 4.78 is 0. The highest BCUT2D eigenvalue weighted by molar-refractivity contribution is 5.79. The topological polar surface area (TPSA) is 69.6 Å². The van der Waals surface area contributed by atoms with Gasteiger partial charge in [-0.15, -0.1) is 0 Å². The molecular weight excluding hydrogens is 208 g/mol. The monoisotopic (exact) mass is 226 g/mol. The molecule has 2 aliphatic rings. The van der Waals surface area contributed by atoms with Crippen LogP contribution in [0.3, 0.4) is 0 Å². The van der Waals surface area contributed by atoms with Crippen molar-refractivity contribution >= 4 is 12.0 Å². The van der Waals surface area contributed by atoms with Gasteiger partial charge in [-0.05, 0) is 18.3 Å². The van der Waals surface area contributed by atoms with Crippen LogP contribution in [0, 0.1) is 11.3 Å². The van der Waals surface area contributed by atoms with Crippen molar-refractivity contribution in [2.75, 3.05) is 19.6 Å². The molecule has 0 spiro atoms. The molecule has 0 atom stereocenters. The number of aliphatic carboxylic acids is 1. The Labute approximate surface area is 94.8 Å². The highest BCUT2D eigenvalue weighted by atomic mass is 16.4. The van der Waals surface area contributed by atoms with Crippen LogP contribution in [0.1, 0.15) is 26.2 Å². The van der Waals surface area contributed by atoms with Crippen molar-refractivity contribution < 1.29 is 14.7 Å². The van der Waals surface area contributed by atoms with E-state index in [0.717, 1.165) is 0 Å². The molecule has 90 valence electrons. The number of rotatable bonds is 3. The molecular formula is C11H18N2O3. The fraction of sp³-hybridized carbons (Fsp3) is 0.818. The molecule has 0 bridgehead atoms. The van der Waals surface area contributed by atoms with Crippen molar-refractivity contribution in [1.29, 1.82) is 0 Å². The second-order valence-corrected chi connectivity index (χ2v) is 5.26. The van der Waals surface area contributed by atoms with Crippen LogP contribution in [0.4, 0.5) is 4.79 Å². The zero-order valence-corrected chi connectivity index (χ0v) is 9.53. The number of hydrogen-bond donors (Lipinski definition) is 2. The van der Waals surface area contributed by atoms with E-state index in [4.69, 9.17) is 5.11 Å². The van der Waals surface area contributed by atoms with Crippen LogP contribution in [0.2, 0.25) is 0 Å². The molecule has 1 aliphatic heterocycles. The minimum atomic E-state index is -0.810. The Morgan fingerprint density at radius 2 is 2.06 bits per heavy atom. The van der Waals surface area contributed by atoms with Crippen LogP contribution >= 0.6 is 0 Å². The second kappa shape index (κ2) is 3.96. The standard InChI is InChI=1S/C11H18N2O3/c1-11(3-2-4-11)7-12-10(16)13-5-8(6-13)9(14)15/h8H,2-7H2,1H3,(H,12,16)(H,14,15). The fourth-order valence-electron chi connectivity index (χ4n) is 2.16. The molecule has 1 saturated heterocycles. The molecule has 2 amide bonds. The van der Waals surface area contributed by atoms with Gasteiger partial charge >= 0.3 is 12.0 Å². The summed E-state index contributed by atoms with van der Waals surface area (Å²) >= 11 is 0. The summed E-state index contributed by atoms with van der Waals surface area (Å²) in [7, 11) is 0. The van der Waals surface area contributed by atoms with Gasteiger partial charge in [0.05, 0.1) is 5.92 Å². The lowest BCUT2D eigenvalue weighted by molar-refractivity contribution is -0.146. The quantitative estimate of drug-likeness (QED) is 0.751. The average Bonchev–Trinajstić information content (AvgIpc) is 2.08. The van der Waals surface area contributed by atoms with Crippen molar-refractivity contribution in [1.82, 2.24) is 10.2 Å². The molecule has 16 heavy (non-hydrogen) atoms. The Morgan fingerprint density at radius 1 is 1.44 bits per heavy atom. The number of carbonyl (C=O) groups is 2. The number of carbonyl (C=O) groups excluding carboxylic acids is 1. The zero-order chi connectivity index (χ0) is 11.8. The first-order chi connectivity index (χ1) is 7.50. The van der Waals surface area contributed by atoms with Crippen molar-refractivity contribution in [3.63, 3.8) is 0 Å². The number of amides is 2. The number of urea groups is 1. The van der Waals surface area contributed by atoms with Crippen LogP contribution < -0.4 is 5.32 Å². The van der Waals surface area contributed by atoms with Gasteiger partial charge in [0.15, 0.2) is 0 Å². The summed E-state index contributed by atoms with van der Waals surface area (Å²) in [4.78, 5) is 23.7. The fourth-order valence-corrected chi connectivity index (χ4v) is 2.16. The van der Waals surface area contributed by atoms with E-state index in [1.165, 1.54) is 19.3 Å². The molecule has 5 heteroatoms. The molecule has 0 aromatic rings. The average molecular weight is 226 g/mol. The summed E-state index contributed by atoms with van der Waals surface area (Å²) in [6.45, 7) is 3.57. The minimum absolute atomic E-state index is 0.120. The van der Waals surface area contributed by atoms with Crippen molar-refractivity contribution in [2.24, 2.45) is 11.3 Å². The van der Waals surface area contributed by atoms with Crippen molar-refractivity contribution in [2.45, 2.75) is 26.2 Å². The Kier molecular flexibility index (Phi) is 2.78. The van der Waals surface area contributed by atoms with Crippen LogP contribution in [0.5, 0.6) is 0 Å². The lowest BCUT2D eigenvalue weighted by Crippen LogP contribution is -2.57. The molecule has 0 aromatic heterocycles. The summed E-state index contributed by atoms with van der Waals surface area (Å²) in [6.07, 6.45) is 3.59. The maximum atomic E-state index is 11.6. The van der Waals surface area contributed by atoms with E-state index in [-0.39, 0.29) is 17.4 Å². The van der Waals surface area contributed by atoms with Gasteiger partial charge in [-0.25, -0.2) is 4.79 Å². The van der Waals surface area contributed by atoms with E-state index in [1.54, 1.807) is 4.90 Å². The molecule has 5 nitrogen and oxygen atoms in total. The predicted molar refractivity (Wildman–Crippen MR) is 58.1 cm³/mol. The maximum Gasteiger partial charge on any atom is 0.317 e. The first kappa shape index (κ1) is 11.2. The van der Waals surface area contributed by atoms with E-state index >= 15 is 0 Å². The lowest BCUT2D eigenvalue weighted by atomic mass is 9.70. The molecule has 0 unspecified atom stereocenters. The molecule has 0 radical (unpaired) electrons. The molecule has 1 aliphatic carbocycles. The van der Waals surface area contributed by atoms with Gasteiger partial charge in [0, 0.05) is 19.6 Å². The minimum Gasteiger partial charge on any atom is -0.481 e. The predicted octanol–water partition coefficient (Wildman–Crippen LogP) is 0.903. The van der Waals surface area contributed by atoms with Crippen molar-refractivity contribution in [3.8, 4) is 0 Å². The van der Waals surface area contributed by atoms with Crippen LogP contribution in [0.15, 0.2) is 0 Å². The van der Waals surface area contributed by atoms with Gasteiger partial charge in [-0.2, -0.15) is 0 Å². The van der Waals surface area contributed by atoms with Gasteiger partial charge in [0.1, 0.15) is 0 Å². The van der Waals surface area contributed by atoms with Gasteiger partial charge in [0.2, 0.25) is 0 Å². The number of carboxylic acids is 1. The third-order valence-corrected chi connectivity index (χ3v) is 3.75. The van der Waals surface area contributed by atoms with E-state index in [9.17, 15) is 9.59 Å². The van der Waals surface area contributed by atoms with Crippen LogP contribution in [-0.2, 0) is 4.79 Å². The number of nitrogens with one attached hydrogen (secondary N) is 1. The highest BCUT2D eigenvalue weighted by Gasteiger charge is 2.37. The molecule has 1 saturated carbocycles. The van der Waals surface area contributed by atoms with Crippen LogP contribution in [0.25, 0.3) is 0 Å². The Morgan fingerprint density at radius 3 is 2.50 bits per heavy atom. The molecule has 2 fully saturated rings. The van der Waals surface area contributed by atoms with Gasteiger partial charge in [-0.1, -0.05) is 13.3 Å². The van der Waals surface area contributed by atoms with E-state index in [1.807, 2.05) is 0 Å². The maximum absolute atomic E-state index is 11.6. The summed E-state index contributed by atoms with van der Waals surface area (Å²) in [6, 6.07) is -0.120. The summed E-state index contributed by atoms with van der Waals surface area (Å²) in [5.41, 5.74) is 0.271. The molecule has 2 rings (SSSR count). The summed E-state index contributed by atoms with van der Waals surface area (Å²) in [5, 5.41) is 11.6. The Balaban J connectivity index is 1.68. The van der Waals surface area contributed by atoms with E-state index in [0.29, 0.717) is 19.6 Å². The SMILES string of the molecule is CC1(CNC(=O)N2CC(C(=O)O)C2)CCC1. The van der Waals surface area contributed by atoms with Gasteiger partial charge in [-0.3, -0.25) is 4.79 Å². The number of hydrogen-bond acceptors (Lipinski definition) is 2. The third kappa shape index (κ3) is 2.13. The first-order valence-electron chi connectivity index (χ1n) is 5.76. The van der Waals surface area contributed by atoms with E-state index in [2.05, 4.69) is 12.2 Å². The zero-order valence-electron chi connectivity index (χ0n) is 9.53. The lowest BCUT2D eigenvalue weighted by Gasteiger charge is -2.41. The molecule has 1 heterocycles. The van der Waals surface area contributed by atoms with Gasteiger partial charge < -0.3 is 15.3 Å². The number of nitrogens with zero attached hydrogens (tertiary/aromatic N) is 1. The number of likely N-dealkylation sites (tertiary alicyclic amines) is 1. The first-order valence-corrected chi connectivity index (χ1v) is 5.76. The highest BCUT2D eigenvalue weighted by Crippen LogP contribution is 2.39. The molecule has 2 N–H and O–H groups in total. The van der Waals surface area contributed by atoms with Crippen molar-refractivity contribution in [3.05, 3.63) is 0 Å². The van der Waals surface area contributed by atoms with E-state index < -0.39 is 5.97 Å².